The Balaban J connectivity index is 1.13. The average molecular weight is 576 g/mol. The monoisotopic (exact) mass is 575 g/mol. The van der Waals surface area contributed by atoms with Gasteiger partial charge >= 0.3 is 0 Å². The van der Waals surface area contributed by atoms with Crippen LogP contribution in [0.3, 0.4) is 0 Å². The number of hydrogen-bond donors (Lipinski definition) is 1. The molecule has 0 unspecified atom stereocenters. The number of aromatic nitrogens is 1. The molecule has 0 radical (unpaired) electrons. The van der Waals surface area contributed by atoms with Gasteiger partial charge in [0.1, 0.15) is 11.3 Å². The first-order chi connectivity index (χ1) is 20.5. The highest BCUT2D eigenvalue weighted by atomic mass is 32.1. The molecule has 5 aromatic rings. The number of thiophene rings is 1. The predicted molar refractivity (Wildman–Crippen MR) is 168 cm³/mol. The first-order valence-electron chi connectivity index (χ1n) is 14.8. The van der Waals surface area contributed by atoms with Gasteiger partial charge in [-0.05, 0) is 92.5 Å². The van der Waals surface area contributed by atoms with Gasteiger partial charge in [0, 0.05) is 57.5 Å². The highest BCUT2D eigenvalue weighted by Gasteiger charge is 2.21. The second-order valence-corrected chi connectivity index (χ2v) is 12.6. The molecule has 2 aliphatic rings. The second-order valence-electron chi connectivity index (χ2n) is 11.3. The number of anilines is 1. The van der Waals surface area contributed by atoms with Gasteiger partial charge in [0.05, 0.1) is 6.42 Å². The number of rotatable bonds is 6. The summed E-state index contributed by atoms with van der Waals surface area (Å²) in [6, 6.07) is 19.7. The first kappa shape index (κ1) is 26.7. The molecule has 6 nitrogen and oxygen atoms in total. The minimum absolute atomic E-state index is 0.000617. The smallest absolute Gasteiger partial charge is 0.253 e. The maximum Gasteiger partial charge on any atom is 0.253 e. The van der Waals surface area contributed by atoms with E-state index in [-0.39, 0.29) is 11.8 Å². The van der Waals surface area contributed by atoms with Crippen molar-refractivity contribution in [1.82, 2.24) is 9.88 Å². The molecule has 1 aliphatic carbocycles. The van der Waals surface area contributed by atoms with Crippen LogP contribution in [0.25, 0.3) is 33.6 Å². The number of likely N-dealkylation sites (tertiary alicyclic amines) is 1. The Morgan fingerprint density at radius 3 is 2.57 bits per heavy atom. The van der Waals surface area contributed by atoms with E-state index < -0.39 is 0 Å². The number of hydrogen-bond acceptors (Lipinski definition) is 5. The number of furan rings is 1. The van der Waals surface area contributed by atoms with Gasteiger partial charge in [-0.25, -0.2) is 0 Å². The number of nitrogens with one attached hydrogen (secondary N) is 1. The molecule has 0 atom stereocenters. The van der Waals surface area contributed by atoms with E-state index >= 15 is 0 Å². The Kier molecular flexibility index (Phi) is 7.12. The summed E-state index contributed by atoms with van der Waals surface area (Å²) in [5, 5.41) is 3.15. The summed E-state index contributed by atoms with van der Waals surface area (Å²) >= 11 is 1.79. The van der Waals surface area contributed by atoms with Gasteiger partial charge in [0.15, 0.2) is 5.58 Å². The number of amides is 2. The molecule has 4 heterocycles. The standard InChI is InChI=1S/C35H33N3O3S/c1-22-27(8-6-9-29(22)37-33(39)20-26-19-25-7-2-3-10-32(25)42-26)28-15-16-36-30-21-31(41-34(28)30)23-11-13-24(14-12-23)35(40)38-17-4-5-18-38/h6,8-9,11-16,19,21H,2-5,7,10,17-18,20H2,1H3,(H,37,39). The van der Waals surface area contributed by atoms with E-state index in [0.29, 0.717) is 23.3 Å². The Hall–Kier alpha value is -4.23. The molecule has 1 N–H and O–H groups in total. The summed E-state index contributed by atoms with van der Waals surface area (Å²) in [6.07, 6.45) is 9.09. The fraction of sp³-hybridized carbons (Fsp3) is 0.286. The van der Waals surface area contributed by atoms with Crippen molar-refractivity contribution in [2.24, 2.45) is 0 Å². The molecule has 7 heteroatoms. The lowest BCUT2D eigenvalue weighted by Crippen LogP contribution is -2.27. The van der Waals surface area contributed by atoms with Gasteiger partial charge in [-0.2, -0.15) is 0 Å². The lowest BCUT2D eigenvalue weighted by Gasteiger charge is -2.15. The third-order valence-corrected chi connectivity index (χ3v) is 9.74. The molecule has 212 valence electrons. The van der Waals surface area contributed by atoms with Crippen molar-refractivity contribution in [3.8, 4) is 22.5 Å². The Labute approximate surface area is 249 Å². The van der Waals surface area contributed by atoms with E-state index in [9.17, 15) is 9.59 Å². The topological polar surface area (TPSA) is 75.4 Å². The van der Waals surface area contributed by atoms with Crippen molar-refractivity contribution in [3.05, 3.63) is 93.3 Å². The van der Waals surface area contributed by atoms with Crippen LogP contribution in [0.5, 0.6) is 0 Å². The maximum atomic E-state index is 13.1. The average Bonchev–Trinajstić information content (AvgIpc) is 3.77. The van der Waals surface area contributed by atoms with Gasteiger partial charge in [-0.3, -0.25) is 14.6 Å². The third kappa shape index (κ3) is 5.13. The number of nitrogens with zero attached hydrogens (tertiary/aromatic N) is 2. The summed E-state index contributed by atoms with van der Waals surface area (Å²) in [4.78, 5) is 34.9. The van der Waals surface area contributed by atoms with E-state index in [4.69, 9.17) is 4.42 Å². The van der Waals surface area contributed by atoms with Crippen molar-refractivity contribution >= 4 is 39.9 Å². The fourth-order valence-electron chi connectivity index (χ4n) is 6.23. The van der Waals surface area contributed by atoms with E-state index in [0.717, 1.165) is 77.1 Å². The predicted octanol–water partition coefficient (Wildman–Crippen LogP) is 7.83. The zero-order chi connectivity index (χ0) is 28.6. The number of fused-ring (bicyclic) bond motifs is 2. The zero-order valence-electron chi connectivity index (χ0n) is 23.7. The van der Waals surface area contributed by atoms with E-state index in [1.807, 2.05) is 66.4 Å². The minimum atomic E-state index is 0.000617. The van der Waals surface area contributed by atoms with Crippen LogP contribution in [0.15, 0.2) is 71.3 Å². The van der Waals surface area contributed by atoms with Crippen molar-refractivity contribution < 1.29 is 14.0 Å². The van der Waals surface area contributed by atoms with Crippen molar-refractivity contribution in [2.45, 2.75) is 51.9 Å². The lowest BCUT2D eigenvalue weighted by atomic mass is 9.98. The van der Waals surface area contributed by atoms with Crippen molar-refractivity contribution in [2.75, 3.05) is 18.4 Å². The van der Waals surface area contributed by atoms with Crippen LogP contribution in [0.2, 0.25) is 0 Å². The molecule has 3 aromatic heterocycles. The normalized spacial score (nSPS) is 14.7. The van der Waals surface area contributed by atoms with E-state index in [1.54, 1.807) is 17.5 Å². The molecule has 2 amide bonds. The van der Waals surface area contributed by atoms with E-state index in [2.05, 4.69) is 16.4 Å². The van der Waals surface area contributed by atoms with Gasteiger partial charge in [0.2, 0.25) is 5.91 Å². The Morgan fingerprint density at radius 1 is 0.952 bits per heavy atom. The zero-order valence-corrected chi connectivity index (χ0v) is 24.6. The Morgan fingerprint density at radius 2 is 1.76 bits per heavy atom. The third-order valence-electron chi connectivity index (χ3n) is 8.50. The second kappa shape index (κ2) is 11.2. The van der Waals surface area contributed by atoms with Crippen LogP contribution in [-0.4, -0.2) is 34.8 Å². The molecule has 2 aromatic carbocycles. The lowest BCUT2D eigenvalue weighted by molar-refractivity contribution is -0.115. The molecule has 0 bridgehead atoms. The molecule has 7 rings (SSSR count). The molecule has 0 saturated carbocycles. The van der Waals surface area contributed by atoms with Crippen molar-refractivity contribution in [1.29, 1.82) is 0 Å². The van der Waals surface area contributed by atoms with E-state index in [1.165, 1.54) is 23.3 Å². The van der Waals surface area contributed by atoms with Gasteiger partial charge in [0.25, 0.3) is 5.91 Å². The van der Waals surface area contributed by atoms with Gasteiger partial charge in [-0.1, -0.05) is 24.3 Å². The number of benzene rings is 2. The largest absolute Gasteiger partial charge is 0.454 e. The minimum Gasteiger partial charge on any atom is -0.454 e. The maximum absolute atomic E-state index is 13.1. The highest BCUT2D eigenvalue weighted by molar-refractivity contribution is 7.12. The van der Waals surface area contributed by atoms with Crippen LogP contribution >= 0.6 is 11.3 Å². The van der Waals surface area contributed by atoms with Gasteiger partial charge < -0.3 is 14.6 Å². The molecular formula is C35H33N3O3S. The molecule has 1 saturated heterocycles. The number of pyridine rings is 1. The van der Waals surface area contributed by atoms with Crippen LogP contribution < -0.4 is 5.32 Å². The SMILES string of the molecule is Cc1c(NC(=O)Cc2cc3c(s2)CCCC3)cccc1-c1ccnc2cc(-c3ccc(C(=O)N4CCCC4)cc3)oc12. The van der Waals surface area contributed by atoms with Crippen molar-refractivity contribution in [3.63, 3.8) is 0 Å². The number of aryl methyl sites for hydroxylation is 2. The number of carbonyl (C=O) groups is 2. The van der Waals surface area contributed by atoms with Gasteiger partial charge in [-0.15, -0.1) is 11.3 Å². The molecule has 1 fully saturated rings. The van der Waals surface area contributed by atoms with Crippen LogP contribution in [0.4, 0.5) is 5.69 Å². The summed E-state index contributed by atoms with van der Waals surface area (Å²) in [5.74, 6) is 0.788. The Bertz CT molecular complexity index is 1770. The quantitative estimate of drug-likeness (QED) is 0.224. The highest BCUT2D eigenvalue weighted by Crippen LogP contribution is 2.37. The molecule has 1 aliphatic heterocycles. The van der Waals surface area contributed by atoms with Crippen LogP contribution in [0, 0.1) is 6.92 Å². The molecule has 0 spiro atoms. The number of carbonyl (C=O) groups excluding carboxylic acids is 2. The summed E-state index contributed by atoms with van der Waals surface area (Å²) in [7, 11) is 0. The molecular weight excluding hydrogens is 542 g/mol. The summed E-state index contributed by atoms with van der Waals surface area (Å²) in [6.45, 7) is 3.69. The molecule has 42 heavy (non-hydrogen) atoms. The fourth-order valence-corrected chi connectivity index (χ4v) is 7.49. The van der Waals surface area contributed by atoms with Crippen LogP contribution in [0.1, 0.15) is 56.9 Å². The van der Waals surface area contributed by atoms with Crippen LogP contribution in [-0.2, 0) is 24.1 Å². The summed E-state index contributed by atoms with van der Waals surface area (Å²) < 4.78 is 6.39. The first-order valence-corrected chi connectivity index (χ1v) is 15.6. The summed E-state index contributed by atoms with van der Waals surface area (Å²) in [5.41, 5.74) is 8.16.